The van der Waals surface area contributed by atoms with E-state index in [2.05, 4.69) is 5.32 Å². The average molecular weight is 269 g/mol. The summed E-state index contributed by atoms with van der Waals surface area (Å²) in [4.78, 5) is 14.4. The number of hydrogen-bond donors (Lipinski definition) is 1. The van der Waals surface area contributed by atoms with E-state index in [9.17, 15) is 4.79 Å². The quantitative estimate of drug-likeness (QED) is 0.911. The van der Waals surface area contributed by atoms with Crippen LogP contribution in [0.4, 0.5) is 0 Å². The smallest absolute Gasteiger partial charge is 0.259 e. The lowest BCUT2D eigenvalue weighted by atomic mass is 10.2. The van der Waals surface area contributed by atoms with Crippen molar-refractivity contribution in [2.24, 2.45) is 0 Å². The van der Waals surface area contributed by atoms with Gasteiger partial charge in [-0.05, 0) is 49.9 Å². The number of halogens is 1. The van der Waals surface area contributed by atoms with Crippen LogP contribution in [0.25, 0.3) is 0 Å². The van der Waals surface area contributed by atoms with Gasteiger partial charge in [-0.3, -0.25) is 4.79 Å². The third-order valence-corrected chi connectivity index (χ3v) is 3.97. The van der Waals surface area contributed by atoms with Crippen LogP contribution < -0.4 is 5.32 Å². The molecule has 1 atom stereocenters. The third-order valence-electron chi connectivity index (χ3n) is 3.68. The Labute approximate surface area is 111 Å². The molecule has 1 amide bonds. The largest absolute Gasteiger partial charge is 0.452 e. The van der Waals surface area contributed by atoms with E-state index in [0.29, 0.717) is 17.6 Å². The number of furan rings is 1. The Balaban J connectivity index is 1.73. The van der Waals surface area contributed by atoms with Crippen LogP contribution >= 0.6 is 11.6 Å². The Morgan fingerprint density at radius 2 is 2.33 bits per heavy atom. The van der Waals surface area contributed by atoms with Gasteiger partial charge in [0.05, 0.1) is 11.8 Å². The molecule has 2 heterocycles. The molecule has 0 aromatic carbocycles. The zero-order valence-electron chi connectivity index (χ0n) is 10.2. The molecule has 3 rings (SSSR count). The standard InChI is InChI=1S/C13H17ClN2O2/c14-12-11(5-7-18-12)13(17)16(10-3-4-10)8-9-2-1-6-15-9/h5,7,9-10,15H,1-4,6,8H2. The lowest BCUT2D eigenvalue weighted by Gasteiger charge is -2.25. The lowest BCUT2D eigenvalue weighted by molar-refractivity contribution is 0.0728. The summed E-state index contributed by atoms with van der Waals surface area (Å²) in [5.41, 5.74) is 0.488. The summed E-state index contributed by atoms with van der Waals surface area (Å²) in [7, 11) is 0. The van der Waals surface area contributed by atoms with Gasteiger partial charge in [0.2, 0.25) is 5.22 Å². The fraction of sp³-hybridized carbons (Fsp3) is 0.615. The van der Waals surface area contributed by atoms with E-state index in [1.165, 1.54) is 12.7 Å². The van der Waals surface area contributed by atoms with E-state index >= 15 is 0 Å². The SMILES string of the molecule is O=C(c1ccoc1Cl)N(CC1CCCN1)C1CC1. The molecule has 1 N–H and O–H groups in total. The zero-order valence-corrected chi connectivity index (χ0v) is 10.9. The summed E-state index contributed by atoms with van der Waals surface area (Å²) in [5.74, 6) is 0.00458. The Hall–Kier alpha value is -1.00. The van der Waals surface area contributed by atoms with E-state index in [0.717, 1.165) is 32.4 Å². The maximum atomic E-state index is 12.4. The highest BCUT2D eigenvalue weighted by Gasteiger charge is 2.36. The molecule has 1 unspecified atom stereocenters. The van der Waals surface area contributed by atoms with Crippen LogP contribution in [0.3, 0.4) is 0 Å². The van der Waals surface area contributed by atoms with Crippen LogP contribution in [0.5, 0.6) is 0 Å². The van der Waals surface area contributed by atoms with Crippen molar-refractivity contribution in [3.8, 4) is 0 Å². The van der Waals surface area contributed by atoms with E-state index in [4.69, 9.17) is 16.0 Å². The highest BCUT2D eigenvalue weighted by molar-refractivity contribution is 6.32. The monoisotopic (exact) mass is 268 g/mol. The lowest BCUT2D eigenvalue weighted by Crippen LogP contribution is -2.42. The Morgan fingerprint density at radius 3 is 2.89 bits per heavy atom. The minimum absolute atomic E-state index is 0.00458. The van der Waals surface area contributed by atoms with Gasteiger partial charge in [0, 0.05) is 18.6 Å². The number of carbonyl (C=O) groups excluding carboxylic acids is 1. The maximum Gasteiger partial charge on any atom is 0.259 e. The molecule has 4 nitrogen and oxygen atoms in total. The molecule has 1 aliphatic heterocycles. The molecule has 18 heavy (non-hydrogen) atoms. The molecule has 5 heteroatoms. The van der Waals surface area contributed by atoms with Crippen molar-refractivity contribution >= 4 is 17.5 Å². The highest BCUT2D eigenvalue weighted by atomic mass is 35.5. The van der Waals surface area contributed by atoms with Crippen molar-refractivity contribution in [1.29, 1.82) is 0 Å². The van der Waals surface area contributed by atoms with Gasteiger partial charge in [0.15, 0.2) is 0 Å². The number of amides is 1. The van der Waals surface area contributed by atoms with Crippen molar-refractivity contribution in [2.45, 2.75) is 37.8 Å². The van der Waals surface area contributed by atoms with Crippen LogP contribution in [-0.2, 0) is 0 Å². The summed E-state index contributed by atoms with van der Waals surface area (Å²) < 4.78 is 5.01. The zero-order chi connectivity index (χ0) is 12.5. The normalized spacial score (nSPS) is 23.3. The van der Waals surface area contributed by atoms with Crippen LogP contribution in [0.2, 0.25) is 5.22 Å². The predicted molar refractivity (Wildman–Crippen MR) is 68.8 cm³/mol. The van der Waals surface area contributed by atoms with Crippen molar-refractivity contribution in [2.75, 3.05) is 13.1 Å². The molecule has 1 aromatic rings. The molecule has 2 fully saturated rings. The van der Waals surface area contributed by atoms with Gasteiger partial charge in [0.1, 0.15) is 0 Å². The van der Waals surface area contributed by atoms with Gasteiger partial charge in [0.25, 0.3) is 5.91 Å². The van der Waals surface area contributed by atoms with Crippen molar-refractivity contribution in [3.63, 3.8) is 0 Å². The summed E-state index contributed by atoms with van der Waals surface area (Å²) in [5, 5.41) is 3.63. The van der Waals surface area contributed by atoms with E-state index < -0.39 is 0 Å². The number of rotatable bonds is 4. The second kappa shape index (κ2) is 4.94. The second-order valence-electron chi connectivity index (χ2n) is 5.09. The van der Waals surface area contributed by atoms with E-state index in [1.807, 2.05) is 4.90 Å². The summed E-state index contributed by atoms with van der Waals surface area (Å²) >= 11 is 5.89. The van der Waals surface area contributed by atoms with Gasteiger partial charge in [-0.15, -0.1) is 0 Å². The molecule has 2 aliphatic rings. The molecule has 1 saturated heterocycles. The molecular weight excluding hydrogens is 252 g/mol. The number of hydrogen-bond acceptors (Lipinski definition) is 3. The first kappa shape index (κ1) is 12.1. The summed E-state index contributed by atoms with van der Waals surface area (Å²) in [6.07, 6.45) is 6.02. The first-order chi connectivity index (χ1) is 8.75. The maximum absolute atomic E-state index is 12.4. The number of carbonyl (C=O) groups is 1. The molecule has 1 saturated carbocycles. The third kappa shape index (κ3) is 2.40. The van der Waals surface area contributed by atoms with Crippen LogP contribution in [0.1, 0.15) is 36.0 Å². The van der Waals surface area contributed by atoms with Gasteiger partial charge < -0.3 is 14.6 Å². The van der Waals surface area contributed by atoms with Gasteiger partial charge in [-0.25, -0.2) is 0 Å². The summed E-state index contributed by atoms with van der Waals surface area (Å²) in [6, 6.07) is 2.48. The first-order valence-corrected chi connectivity index (χ1v) is 6.91. The molecule has 0 radical (unpaired) electrons. The Bertz CT molecular complexity index is 436. The van der Waals surface area contributed by atoms with Gasteiger partial charge >= 0.3 is 0 Å². The Kier molecular flexibility index (Phi) is 3.31. The fourth-order valence-electron chi connectivity index (χ4n) is 2.53. The van der Waals surface area contributed by atoms with E-state index in [-0.39, 0.29) is 11.1 Å². The second-order valence-corrected chi connectivity index (χ2v) is 5.43. The highest BCUT2D eigenvalue weighted by Crippen LogP contribution is 2.30. The minimum atomic E-state index is 0.00458. The van der Waals surface area contributed by atoms with Gasteiger partial charge in [-0.2, -0.15) is 0 Å². The molecule has 98 valence electrons. The van der Waals surface area contributed by atoms with Crippen LogP contribution in [0, 0.1) is 0 Å². The van der Waals surface area contributed by atoms with Crippen LogP contribution in [0.15, 0.2) is 16.7 Å². The van der Waals surface area contributed by atoms with Crippen molar-refractivity contribution in [1.82, 2.24) is 10.2 Å². The average Bonchev–Trinajstić information content (AvgIpc) is 2.89. The fourth-order valence-corrected chi connectivity index (χ4v) is 2.73. The molecular formula is C13H17ClN2O2. The minimum Gasteiger partial charge on any atom is -0.452 e. The predicted octanol–water partition coefficient (Wildman–Crippen LogP) is 2.29. The topological polar surface area (TPSA) is 45.5 Å². The molecule has 1 aliphatic carbocycles. The van der Waals surface area contributed by atoms with Crippen LogP contribution in [-0.4, -0.2) is 36.0 Å². The number of nitrogens with one attached hydrogen (secondary N) is 1. The van der Waals surface area contributed by atoms with E-state index in [1.54, 1.807) is 6.07 Å². The number of nitrogens with zero attached hydrogens (tertiary/aromatic N) is 1. The molecule has 0 bridgehead atoms. The van der Waals surface area contributed by atoms with Crippen molar-refractivity contribution < 1.29 is 9.21 Å². The van der Waals surface area contributed by atoms with Crippen molar-refractivity contribution in [3.05, 3.63) is 23.1 Å². The van der Waals surface area contributed by atoms with Gasteiger partial charge in [-0.1, -0.05) is 0 Å². The first-order valence-electron chi connectivity index (χ1n) is 6.53. The Morgan fingerprint density at radius 1 is 1.50 bits per heavy atom. The summed E-state index contributed by atoms with van der Waals surface area (Å²) in [6.45, 7) is 1.84. The molecule has 0 spiro atoms. The molecule has 1 aromatic heterocycles.